The predicted octanol–water partition coefficient (Wildman–Crippen LogP) is 2.93. The topological polar surface area (TPSA) is 26.3 Å². The third-order valence-corrected chi connectivity index (χ3v) is 1.06. The summed E-state index contributed by atoms with van der Waals surface area (Å²) in [7, 11) is 0. The minimum atomic E-state index is -0.401. The van der Waals surface area contributed by atoms with Gasteiger partial charge in [0, 0.05) is 6.92 Å². The molecule has 0 radical (unpaired) electrons. The summed E-state index contributed by atoms with van der Waals surface area (Å²) in [6, 6.07) is 0. The van der Waals surface area contributed by atoms with Crippen LogP contribution in [-0.2, 0) is 9.53 Å². The van der Waals surface area contributed by atoms with Crippen LogP contribution >= 0.6 is 23.2 Å². The van der Waals surface area contributed by atoms with Crippen LogP contribution in [0.3, 0.4) is 0 Å². The minimum absolute atomic E-state index is 0.281. The van der Waals surface area contributed by atoms with E-state index in [-0.39, 0.29) is 5.03 Å². The van der Waals surface area contributed by atoms with Crippen molar-refractivity contribution in [3.8, 4) is 0 Å². The molecule has 0 rings (SSSR count). The fourth-order valence-electron chi connectivity index (χ4n) is 0.396. The summed E-state index contributed by atoms with van der Waals surface area (Å²) in [6.45, 7) is 2.94. The first-order chi connectivity index (χ1) is 5.52. The zero-order valence-electron chi connectivity index (χ0n) is 6.73. The Balaban J connectivity index is 4.19. The van der Waals surface area contributed by atoms with Crippen LogP contribution in [0.2, 0.25) is 0 Å². The lowest BCUT2D eigenvalue weighted by atomic mass is 10.5. The Kier molecular flexibility index (Phi) is 5.56. The number of hydrogen-bond acceptors (Lipinski definition) is 2. The van der Waals surface area contributed by atoms with Gasteiger partial charge in [0.25, 0.3) is 0 Å². The Labute approximate surface area is 81.1 Å². The zero-order chi connectivity index (χ0) is 9.56. The van der Waals surface area contributed by atoms with E-state index < -0.39 is 5.97 Å². The average molecular weight is 207 g/mol. The lowest BCUT2D eigenvalue weighted by molar-refractivity contribution is -0.135. The molecule has 0 amide bonds. The van der Waals surface area contributed by atoms with Crippen LogP contribution in [0.5, 0.6) is 0 Å². The smallest absolute Gasteiger partial charge is 0.307 e. The Morgan fingerprint density at radius 1 is 1.42 bits per heavy atom. The van der Waals surface area contributed by atoms with Crippen molar-refractivity contribution in [3.05, 3.63) is 28.1 Å². The first-order valence-electron chi connectivity index (χ1n) is 3.14. The Bertz CT molecular complexity index is 256. The molecule has 0 aromatic heterocycles. The third-order valence-electron chi connectivity index (χ3n) is 0.740. The molecule has 0 saturated carbocycles. The first-order valence-corrected chi connectivity index (χ1v) is 3.90. The average Bonchev–Trinajstić information content (AvgIpc) is 1.84. The van der Waals surface area contributed by atoms with E-state index in [1.165, 1.54) is 19.3 Å². The Hall–Kier alpha value is -0.690. The normalized spacial score (nSPS) is 9.33. The molecule has 0 saturated heterocycles. The molecule has 0 fully saturated rings. The van der Waals surface area contributed by atoms with E-state index >= 15 is 0 Å². The largest absolute Gasteiger partial charge is 0.435 e. The van der Waals surface area contributed by atoms with Crippen LogP contribution in [0, 0.1) is 0 Å². The van der Waals surface area contributed by atoms with Crippen LogP contribution in [0.25, 0.3) is 0 Å². The molecular formula is C8H8Cl2O2. The van der Waals surface area contributed by atoms with Crippen LogP contribution in [-0.4, -0.2) is 5.97 Å². The summed E-state index contributed by atoms with van der Waals surface area (Å²) in [5, 5.41) is 0.719. The molecule has 66 valence electrons. The molecule has 12 heavy (non-hydrogen) atoms. The van der Waals surface area contributed by atoms with E-state index in [0.717, 1.165) is 0 Å². The number of esters is 1. The molecule has 4 heteroatoms. The molecule has 0 unspecified atom stereocenters. The second-order valence-electron chi connectivity index (χ2n) is 1.92. The predicted molar refractivity (Wildman–Crippen MR) is 48.8 cm³/mol. The van der Waals surface area contributed by atoms with Gasteiger partial charge in [0.2, 0.25) is 0 Å². The number of rotatable bonds is 2. The van der Waals surface area contributed by atoms with Crippen molar-refractivity contribution in [2.45, 2.75) is 13.8 Å². The van der Waals surface area contributed by atoms with E-state index in [1.54, 1.807) is 6.92 Å². The lowest BCUT2D eigenvalue weighted by Gasteiger charge is -1.88. The molecule has 0 N–H and O–H groups in total. The van der Waals surface area contributed by atoms with Crippen molar-refractivity contribution in [3.63, 3.8) is 0 Å². The zero-order valence-corrected chi connectivity index (χ0v) is 8.24. The van der Waals surface area contributed by atoms with Crippen LogP contribution in [0.15, 0.2) is 28.1 Å². The van der Waals surface area contributed by atoms with Gasteiger partial charge in [-0.1, -0.05) is 28.9 Å². The van der Waals surface area contributed by atoms with Gasteiger partial charge in [0.05, 0.1) is 16.3 Å². The highest BCUT2D eigenvalue weighted by molar-refractivity contribution is 6.33. The molecule has 0 atom stereocenters. The number of allylic oxidation sites excluding steroid dienone is 2. The highest BCUT2D eigenvalue weighted by Crippen LogP contribution is 2.05. The summed E-state index contributed by atoms with van der Waals surface area (Å²) in [4.78, 5) is 10.3. The molecule has 0 aromatic rings. The van der Waals surface area contributed by atoms with Crippen molar-refractivity contribution in [2.75, 3.05) is 0 Å². The number of hydrogen-bond donors (Lipinski definition) is 0. The maximum Gasteiger partial charge on any atom is 0.307 e. The van der Waals surface area contributed by atoms with Crippen molar-refractivity contribution in [1.29, 1.82) is 0 Å². The number of halogens is 2. The van der Waals surface area contributed by atoms with Gasteiger partial charge in [-0.25, -0.2) is 0 Å². The van der Waals surface area contributed by atoms with Crippen molar-refractivity contribution in [2.24, 2.45) is 0 Å². The second kappa shape index (κ2) is 5.90. The summed E-state index contributed by atoms with van der Waals surface area (Å²) >= 11 is 11.1. The van der Waals surface area contributed by atoms with Crippen LogP contribution in [0.1, 0.15) is 13.8 Å². The fourth-order valence-corrected chi connectivity index (χ4v) is 0.739. The highest BCUT2D eigenvalue weighted by atomic mass is 35.5. The van der Waals surface area contributed by atoms with E-state index in [9.17, 15) is 4.79 Å². The molecule has 0 aliphatic carbocycles. The fraction of sp³-hybridized carbons (Fsp3) is 0.250. The molecule has 0 heterocycles. The summed E-state index contributed by atoms with van der Waals surface area (Å²) < 4.78 is 4.48. The van der Waals surface area contributed by atoms with E-state index in [2.05, 4.69) is 10.5 Å². The second-order valence-corrected chi connectivity index (χ2v) is 2.89. The monoisotopic (exact) mass is 206 g/mol. The van der Waals surface area contributed by atoms with Crippen molar-refractivity contribution >= 4 is 29.2 Å². The van der Waals surface area contributed by atoms with Gasteiger partial charge in [0.1, 0.15) is 0 Å². The van der Waals surface area contributed by atoms with Gasteiger partial charge in [-0.3, -0.25) is 4.79 Å². The Morgan fingerprint density at radius 2 is 2.00 bits per heavy atom. The van der Waals surface area contributed by atoms with Gasteiger partial charge in [0.15, 0.2) is 0 Å². The molecule has 0 bridgehead atoms. The minimum Gasteiger partial charge on any atom is -0.435 e. The van der Waals surface area contributed by atoms with Gasteiger partial charge >= 0.3 is 5.97 Å². The van der Waals surface area contributed by atoms with Crippen molar-refractivity contribution < 1.29 is 9.53 Å². The maximum absolute atomic E-state index is 10.3. The highest BCUT2D eigenvalue weighted by Gasteiger charge is 1.86. The lowest BCUT2D eigenvalue weighted by Crippen LogP contribution is -1.88. The summed E-state index contributed by atoms with van der Waals surface area (Å²) in [5.74, 6) is -0.401. The van der Waals surface area contributed by atoms with Gasteiger partial charge in [-0.2, -0.15) is 0 Å². The third kappa shape index (κ3) is 7.42. The number of carbonyl (C=O) groups excluding carboxylic acids is 1. The van der Waals surface area contributed by atoms with Crippen LogP contribution in [0.4, 0.5) is 0 Å². The summed E-state index contributed by atoms with van der Waals surface area (Å²) in [6.07, 6.45) is 2.56. The number of carbonyl (C=O) groups is 1. The molecule has 2 nitrogen and oxygen atoms in total. The van der Waals surface area contributed by atoms with Crippen molar-refractivity contribution in [1.82, 2.24) is 0 Å². The summed E-state index contributed by atoms with van der Waals surface area (Å²) in [5.41, 5.74) is 2.60. The van der Waals surface area contributed by atoms with E-state index in [4.69, 9.17) is 23.2 Å². The SMILES string of the molecule is CC(=O)OC=CC(Cl)=C=C(C)Cl. The standard InChI is InChI=1S/C8H8Cl2O2/c1-6(9)5-8(10)3-4-12-7(2)11/h3-4H,1-2H3. The quantitative estimate of drug-likeness (QED) is 0.301. The Morgan fingerprint density at radius 3 is 2.42 bits per heavy atom. The molecular weight excluding hydrogens is 199 g/mol. The molecule has 0 spiro atoms. The molecule has 0 aromatic carbocycles. The number of ether oxygens (including phenoxy) is 1. The van der Waals surface area contributed by atoms with Gasteiger partial charge in [-0.05, 0) is 13.0 Å². The van der Waals surface area contributed by atoms with Gasteiger partial charge in [-0.15, -0.1) is 0 Å². The van der Waals surface area contributed by atoms with E-state index in [0.29, 0.717) is 5.03 Å². The maximum atomic E-state index is 10.3. The van der Waals surface area contributed by atoms with Crippen LogP contribution < -0.4 is 0 Å². The van der Waals surface area contributed by atoms with E-state index in [1.807, 2.05) is 0 Å². The molecule has 0 aliphatic rings. The first kappa shape index (κ1) is 11.3. The van der Waals surface area contributed by atoms with Gasteiger partial charge < -0.3 is 4.74 Å². The molecule has 0 aliphatic heterocycles.